The number of ether oxygens (including phenoxy) is 6. The fourth-order valence-electron chi connectivity index (χ4n) is 14.9. The zero-order chi connectivity index (χ0) is 47.6. The lowest BCUT2D eigenvalue weighted by Gasteiger charge is -2.72. The number of aliphatic hydroxyl groups excluding tert-OH is 8. The molecule has 5 aliphatic carbocycles. The Morgan fingerprint density at radius 3 is 2.12 bits per heavy atom. The van der Waals surface area contributed by atoms with E-state index in [2.05, 4.69) is 47.6 Å². The molecule has 0 aromatic rings. The molecule has 8 aliphatic rings. The van der Waals surface area contributed by atoms with Crippen LogP contribution in [0.1, 0.15) is 120 Å². The molecule has 17 heteroatoms. The number of carbonyl (C=O) groups is 2. The van der Waals surface area contributed by atoms with Crippen LogP contribution in [0.4, 0.5) is 0 Å². The van der Waals surface area contributed by atoms with Crippen molar-refractivity contribution in [2.24, 2.45) is 50.2 Å². The molecule has 21 atom stereocenters. The fourth-order valence-corrected chi connectivity index (χ4v) is 14.9. The summed E-state index contributed by atoms with van der Waals surface area (Å²) in [5.41, 5.74) is -0.212. The van der Waals surface area contributed by atoms with E-state index in [4.69, 9.17) is 28.4 Å². The van der Waals surface area contributed by atoms with Gasteiger partial charge in [0, 0.05) is 10.8 Å². The molecule has 0 amide bonds. The molecule has 6 fully saturated rings. The molecule has 0 aromatic carbocycles. The first kappa shape index (κ1) is 49.2. The maximum atomic E-state index is 12.6. The van der Waals surface area contributed by atoms with Gasteiger partial charge in [0.2, 0.25) is 12.1 Å². The number of ketones is 1. The highest BCUT2D eigenvalue weighted by atomic mass is 16.8. The van der Waals surface area contributed by atoms with Crippen LogP contribution in [0.5, 0.6) is 0 Å². The van der Waals surface area contributed by atoms with Crippen molar-refractivity contribution in [1.82, 2.24) is 0 Å². The minimum atomic E-state index is -1.99. The van der Waals surface area contributed by atoms with Crippen molar-refractivity contribution in [3.63, 3.8) is 0 Å². The Hall–Kier alpha value is -2.26. The third-order valence-corrected chi connectivity index (χ3v) is 19.0. The van der Waals surface area contributed by atoms with Gasteiger partial charge >= 0.3 is 5.97 Å². The summed E-state index contributed by atoms with van der Waals surface area (Å²) in [6.07, 6.45) is -9.54. The smallest absolute Gasteiger partial charge is 0.335 e. The van der Waals surface area contributed by atoms with Crippen LogP contribution >= 0.6 is 0 Å². The second kappa shape index (κ2) is 17.0. The monoisotopic (exact) mass is 922 g/mol. The summed E-state index contributed by atoms with van der Waals surface area (Å²) >= 11 is 0. The molecule has 0 spiro atoms. The summed E-state index contributed by atoms with van der Waals surface area (Å²) in [5, 5.41) is 95.2. The SMILES string of the molecule is CC1=C(O)C(=O)C[C@@H](O[C@@H]2CC(C)(C)C[C@H]3C4=CCC5[C@@]6(C)CC[C@H](O[C@@H]7O[C@H](C(=O)O)[C@@H](O)[C@H](O)[C@H]7O[C@@H]7O[C@H](CO)[C@@H](O)[C@H](O)[C@H]7O)[C@](C)(CO)C6CC[C@@]5(C)[C@]4(C)CC[C@@]23C)O1. The van der Waals surface area contributed by atoms with Gasteiger partial charge in [-0.05, 0) is 104 Å². The maximum Gasteiger partial charge on any atom is 0.335 e. The molecule has 0 aromatic heterocycles. The largest absolute Gasteiger partial charge is 0.502 e. The average Bonchev–Trinajstić information content (AvgIpc) is 3.24. The summed E-state index contributed by atoms with van der Waals surface area (Å²) in [6, 6.07) is 0. The quantitative estimate of drug-likeness (QED) is 0.119. The van der Waals surface area contributed by atoms with Crippen molar-refractivity contribution in [3.8, 4) is 0 Å². The molecule has 17 nitrogen and oxygen atoms in total. The first-order chi connectivity index (χ1) is 30.3. The first-order valence-electron chi connectivity index (χ1n) is 23.7. The van der Waals surface area contributed by atoms with Crippen molar-refractivity contribution in [2.45, 2.75) is 200 Å². The molecule has 8 rings (SSSR count). The molecule has 3 aliphatic heterocycles. The van der Waals surface area contributed by atoms with E-state index in [0.29, 0.717) is 12.8 Å². The van der Waals surface area contributed by atoms with Crippen LogP contribution in [-0.2, 0) is 38.0 Å². The summed E-state index contributed by atoms with van der Waals surface area (Å²) in [7, 11) is 0. The Bertz CT molecular complexity index is 1900. The van der Waals surface area contributed by atoms with Crippen LogP contribution in [0.3, 0.4) is 0 Å². The van der Waals surface area contributed by atoms with Crippen LogP contribution in [-0.4, -0.2) is 151 Å². The molecular weight excluding hydrogens is 849 g/mol. The highest BCUT2D eigenvalue weighted by Crippen LogP contribution is 2.76. The van der Waals surface area contributed by atoms with Crippen LogP contribution in [0.2, 0.25) is 0 Å². The number of allylic oxidation sites excluding steroid dienone is 4. The van der Waals surface area contributed by atoms with Crippen molar-refractivity contribution in [1.29, 1.82) is 0 Å². The summed E-state index contributed by atoms with van der Waals surface area (Å²) in [6.45, 7) is 16.7. The van der Waals surface area contributed by atoms with Gasteiger partial charge in [-0.1, -0.05) is 60.1 Å². The second-order valence-corrected chi connectivity index (χ2v) is 23.0. The second-order valence-electron chi connectivity index (χ2n) is 23.0. The number of carboxylic acids is 1. The molecule has 0 radical (unpaired) electrons. The minimum absolute atomic E-state index is 0.0302. The van der Waals surface area contributed by atoms with Gasteiger partial charge in [0.15, 0.2) is 24.4 Å². The topological polar surface area (TPSA) is 272 Å². The van der Waals surface area contributed by atoms with Gasteiger partial charge in [-0.25, -0.2) is 4.79 Å². The Morgan fingerprint density at radius 1 is 0.769 bits per heavy atom. The average molecular weight is 923 g/mol. The number of carbonyl (C=O) groups excluding carboxylic acids is 1. The third-order valence-electron chi connectivity index (χ3n) is 19.0. The van der Waals surface area contributed by atoms with Gasteiger partial charge in [-0.2, -0.15) is 0 Å². The maximum absolute atomic E-state index is 12.6. The van der Waals surface area contributed by atoms with E-state index in [-0.39, 0.29) is 81.3 Å². The standard InChI is InChI=1S/C48H74O17/c1-22-32(52)25(51)17-31(60-22)62-30-19-43(2,3)18-24-23-9-10-28-45(5)13-12-29(46(6,21-50)27(45)11-14-48(28,8)47(23,7)16-15-44(24,30)4)63-42-39(36(56)35(55)38(64-42)40(58)59)65-41-37(57)34(54)33(53)26(20-49)61-41/h9,24,26-31,33-39,41-42,49-50,52-57H,10-21H2,1-8H3,(H,58,59)/t24-,26+,27?,28?,29-,30+,31+,33+,34-,35-,36-,37+,38-,39+,41-,42+,44+,45-,46+,47+,48+/m0/s1. The van der Waals surface area contributed by atoms with Crippen LogP contribution in [0.15, 0.2) is 23.2 Å². The summed E-state index contributed by atoms with van der Waals surface area (Å²) in [4.78, 5) is 24.9. The van der Waals surface area contributed by atoms with Crippen LogP contribution in [0, 0.1) is 50.2 Å². The summed E-state index contributed by atoms with van der Waals surface area (Å²) in [5.74, 6) is -1.70. The molecule has 0 bridgehead atoms. The zero-order valence-corrected chi connectivity index (χ0v) is 39.1. The number of aliphatic carboxylic acids is 1. The molecule has 368 valence electrons. The lowest BCUT2D eigenvalue weighted by molar-refractivity contribution is -0.375. The Balaban J connectivity index is 1.06. The van der Waals surface area contributed by atoms with Crippen molar-refractivity contribution >= 4 is 11.8 Å². The van der Waals surface area contributed by atoms with E-state index in [9.17, 15) is 55.5 Å². The lowest BCUT2D eigenvalue weighted by atomic mass is 9.33. The molecule has 2 saturated heterocycles. The normalized spacial score (nSPS) is 52.0. The number of hydrogen-bond acceptors (Lipinski definition) is 16. The van der Waals surface area contributed by atoms with E-state index < -0.39 is 91.8 Å². The first-order valence-corrected chi connectivity index (χ1v) is 23.7. The minimum Gasteiger partial charge on any atom is -0.502 e. The van der Waals surface area contributed by atoms with Crippen molar-refractivity contribution < 1.29 is 84.0 Å². The number of hydrogen-bond donors (Lipinski definition) is 9. The van der Waals surface area contributed by atoms with Crippen molar-refractivity contribution in [3.05, 3.63) is 23.2 Å². The Kier molecular flexibility index (Phi) is 12.9. The number of Topliss-reactive ketones (excluding diaryl/α,β-unsaturated/α-hetero) is 1. The van der Waals surface area contributed by atoms with Gasteiger partial charge in [-0.3, -0.25) is 4.79 Å². The molecule has 9 N–H and O–H groups in total. The van der Waals surface area contributed by atoms with E-state index in [1.54, 1.807) is 6.92 Å². The molecular formula is C48H74O17. The van der Waals surface area contributed by atoms with Gasteiger partial charge < -0.3 is 74.4 Å². The molecule has 2 unspecified atom stereocenters. The van der Waals surface area contributed by atoms with E-state index in [1.165, 1.54) is 5.57 Å². The van der Waals surface area contributed by atoms with Crippen LogP contribution in [0.25, 0.3) is 0 Å². The lowest BCUT2D eigenvalue weighted by Crippen LogP contribution is -2.68. The predicted octanol–water partition coefficient (Wildman–Crippen LogP) is 2.98. The molecule has 3 heterocycles. The number of rotatable bonds is 9. The third kappa shape index (κ3) is 7.65. The number of carboxylic acid groups (broad SMARTS) is 1. The van der Waals surface area contributed by atoms with E-state index in [0.717, 1.165) is 44.9 Å². The van der Waals surface area contributed by atoms with Gasteiger partial charge in [-0.15, -0.1) is 0 Å². The Morgan fingerprint density at radius 2 is 1.48 bits per heavy atom. The highest BCUT2D eigenvalue weighted by Gasteiger charge is 2.70. The Labute approximate surface area is 381 Å². The highest BCUT2D eigenvalue weighted by molar-refractivity contribution is 5.94. The van der Waals surface area contributed by atoms with Gasteiger partial charge in [0.25, 0.3) is 0 Å². The van der Waals surface area contributed by atoms with E-state index >= 15 is 0 Å². The number of fused-ring (bicyclic) bond motifs is 7. The molecule has 4 saturated carbocycles. The summed E-state index contributed by atoms with van der Waals surface area (Å²) < 4.78 is 36.7. The fraction of sp³-hybridized carbons (Fsp3) is 0.875. The van der Waals surface area contributed by atoms with Gasteiger partial charge in [0.1, 0.15) is 48.5 Å². The zero-order valence-electron chi connectivity index (χ0n) is 39.1. The molecule has 65 heavy (non-hydrogen) atoms. The van der Waals surface area contributed by atoms with E-state index in [1.807, 2.05) is 6.92 Å². The van der Waals surface area contributed by atoms with Gasteiger partial charge in [0.05, 0.1) is 31.8 Å². The number of aliphatic hydroxyl groups is 8. The van der Waals surface area contributed by atoms with Crippen LogP contribution < -0.4 is 0 Å². The predicted molar refractivity (Wildman–Crippen MR) is 228 cm³/mol. The van der Waals surface area contributed by atoms with Crippen molar-refractivity contribution in [2.75, 3.05) is 13.2 Å².